The van der Waals surface area contributed by atoms with Gasteiger partial charge in [0.1, 0.15) is 4.88 Å². The van der Waals surface area contributed by atoms with Crippen molar-refractivity contribution in [3.63, 3.8) is 0 Å². The lowest BCUT2D eigenvalue weighted by atomic mass is 10.0. The van der Waals surface area contributed by atoms with Crippen molar-refractivity contribution in [3.8, 4) is 0 Å². The summed E-state index contributed by atoms with van der Waals surface area (Å²) in [7, 11) is 0. The van der Waals surface area contributed by atoms with Crippen LogP contribution in [0.25, 0.3) is 10.1 Å². The lowest BCUT2D eigenvalue weighted by molar-refractivity contribution is 0.0701. The van der Waals surface area contributed by atoms with Crippen LogP contribution in [0.1, 0.15) is 35.0 Å². The highest BCUT2D eigenvalue weighted by Crippen LogP contribution is 2.35. The van der Waals surface area contributed by atoms with E-state index < -0.39 is 5.97 Å². The zero-order chi connectivity index (χ0) is 12.4. The van der Waals surface area contributed by atoms with E-state index in [1.54, 1.807) is 0 Å². The Morgan fingerprint density at radius 1 is 1.47 bits per heavy atom. The van der Waals surface area contributed by atoms with Gasteiger partial charge in [0.25, 0.3) is 0 Å². The molecule has 0 fully saturated rings. The van der Waals surface area contributed by atoms with Gasteiger partial charge in [0.15, 0.2) is 0 Å². The van der Waals surface area contributed by atoms with E-state index in [2.05, 4.69) is 6.92 Å². The number of thiophene rings is 1. The molecule has 2 aromatic rings. The lowest BCUT2D eigenvalue weighted by Crippen LogP contribution is -1.97. The van der Waals surface area contributed by atoms with Crippen LogP contribution in [-0.2, 0) is 6.42 Å². The van der Waals surface area contributed by atoms with E-state index in [0.717, 1.165) is 34.9 Å². The van der Waals surface area contributed by atoms with Crippen molar-refractivity contribution < 1.29 is 9.90 Å². The molecule has 17 heavy (non-hydrogen) atoms. The minimum atomic E-state index is -0.850. The van der Waals surface area contributed by atoms with Crippen LogP contribution in [0.3, 0.4) is 0 Å². The first-order chi connectivity index (χ1) is 8.15. The number of aryl methyl sites for hydroxylation is 1. The Morgan fingerprint density at radius 2 is 2.24 bits per heavy atom. The summed E-state index contributed by atoms with van der Waals surface area (Å²) in [6.07, 6.45) is 2.86. The molecule has 0 saturated carbocycles. The van der Waals surface area contributed by atoms with Crippen LogP contribution in [-0.4, -0.2) is 11.1 Å². The van der Waals surface area contributed by atoms with Crippen molar-refractivity contribution in [2.75, 3.05) is 5.73 Å². The molecule has 3 N–H and O–H groups in total. The van der Waals surface area contributed by atoms with Crippen molar-refractivity contribution in [3.05, 3.63) is 28.6 Å². The topological polar surface area (TPSA) is 63.3 Å². The van der Waals surface area contributed by atoms with Gasteiger partial charge in [-0.3, -0.25) is 0 Å². The molecule has 0 saturated heterocycles. The maximum Gasteiger partial charge on any atom is 0.346 e. The summed E-state index contributed by atoms with van der Waals surface area (Å²) in [5.74, 6) is -0.850. The van der Waals surface area contributed by atoms with E-state index in [9.17, 15) is 9.90 Å². The average Bonchev–Trinajstić information content (AvgIpc) is 2.67. The second-order valence-corrected chi connectivity index (χ2v) is 5.06. The van der Waals surface area contributed by atoms with Crippen molar-refractivity contribution in [1.82, 2.24) is 0 Å². The minimum Gasteiger partial charge on any atom is -0.477 e. The Labute approximate surface area is 104 Å². The smallest absolute Gasteiger partial charge is 0.346 e. The third-order valence-electron chi connectivity index (χ3n) is 2.82. The molecule has 0 aliphatic heterocycles. The third-order valence-corrected chi connectivity index (χ3v) is 4.11. The molecule has 0 atom stereocenters. The Morgan fingerprint density at radius 3 is 2.88 bits per heavy atom. The van der Waals surface area contributed by atoms with Crippen LogP contribution >= 0.6 is 11.3 Å². The van der Waals surface area contributed by atoms with Gasteiger partial charge < -0.3 is 10.8 Å². The van der Waals surface area contributed by atoms with Gasteiger partial charge in [0.05, 0.1) is 4.70 Å². The van der Waals surface area contributed by atoms with Crippen molar-refractivity contribution >= 4 is 33.1 Å². The van der Waals surface area contributed by atoms with Gasteiger partial charge in [-0.15, -0.1) is 11.3 Å². The van der Waals surface area contributed by atoms with Crippen molar-refractivity contribution in [1.29, 1.82) is 0 Å². The van der Waals surface area contributed by atoms with E-state index in [1.165, 1.54) is 11.3 Å². The Hall–Kier alpha value is -1.55. The van der Waals surface area contributed by atoms with Crippen molar-refractivity contribution in [2.24, 2.45) is 0 Å². The fourth-order valence-corrected chi connectivity index (χ4v) is 3.08. The second kappa shape index (κ2) is 4.75. The quantitative estimate of drug-likeness (QED) is 0.815. The van der Waals surface area contributed by atoms with Crippen LogP contribution in [0.5, 0.6) is 0 Å². The number of carboxylic acid groups (broad SMARTS) is 1. The van der Waals surface area contributed by atoms with Gasteiger partial charge in [-0.1, -0.05) is 25.5 Å². The summed E-state index contributed by atoms with van der Waals surface area (Å²) in [5, 5.41) is 10.2. The molecule has 0 aliphatic carbocycles. The number of carbonyl (C=O) groups is 1. The molecule has 0 radical (unpaired) electrons. The molecule has 2 rings (SSSR count). The first kappa shape index (κ1) is 11.9. The molecule has 90 valence electrons. The number of aromatic carboxylic acids is 1. The number of nitrogen functional groups attached to an aromatic ring is 1. The first-order valence-corrected chi connectivity index (χ1v) is 6.50. The van der Waals surface area contributed by atoms with Crippen LogP contribution < -0.4 is 5.73 Å². The maximum absolute atomic E-state index is 11.2. The minimum absolute atomic E-state index is 0.436. The first-order valence-electron chi connectivity index (χ1n) is 5.68. The zero-order valence-electron chi connectivity index (χ0n) is 9.69. The van der Waals surface area contributed by atoms with Crippen LogP contribution in [0.4, 0.5) is 5.69 Å². The molecule has 1 aromatic heterocycles. The molecule has 4 heteroatoms. The Balaban J connectivity index is 2.63. The largest absolute Gasteiger partial charge is 0.477 e. The summed E-state index contributed by atoms with van der Waals surface area (Å²) in [4.78, 5) is 11.7. The zero-order valence-corrected chi connectivity index (χ0v) is 10.5. The summed E-state index contributed by atoms with van der Waals surface area (Å²) in [6, 6.07) is 5.65. The molecule has 3 nitrogen and oxygen atoms in total. The van der Waals surface area contributed by atoms with E-state index in [1.807, 2.05) is 18.2 Å². The maximum atomic E-state index is 11.2. The number of anilines is 1. The molecular weight excluding hydrogens is 234 g/mol. The highest BCUT2D eigenvalue weighted by atomic mass is 32.1. The lowest BCUT2D eigenvalue weighted by Gasteiger charge is -2.00. The molecule has 1 aromatic carbocycles. The van der Waals surface area contributed by atoms with Gasteiger partial charge in [-0.2, -0.15) is 0 Å². The van der Waals surface area contributed by atoms with Gasteiger partial charge in [0, 0.05) is 5.69 Å². The van der Waals surface area contributed by atoms with Gasteiger partial charge in [-0.05, 0) is 29.9 Å². The fourth-order valence-electron chi connectivity index (χ4n) is 1.97. The molecule has 0 bridgehead atoms. The summed E-state index contributed by atoms with van der Waals surface area (Å²) in [5.41, 5.74) is 7.49. The third kappa shape index (κ3) is 2.13. The number of rotatable bonds is 4. The number of unbranched alkanes of at least 4 members (excludes halogenated alkanes) is 1. The molecule has 0 aliphatic rings. The number of carboxylic acids is 1. The summed E-state index contributed by atoms with van der Waals surface area (Å²) >= 11 is 1.28. The Bertz CT molecular complexity index is 560. The van der Waals surface area contributed by atoms with E-state index in [4.69, 9.17) is 5.73 Å². The van der Waals surface area contributed by atoms with Gasteiger partial charge >= 0.3 is 5.97 Å². The standard InChI is InChI=1S/C13H15NO2S/c1-2-3-5-9-8-6-4-7-10(14)11(8)17-12(9)13(15)16/h4,6-7H,2-3,5,14H2,1H3,(H,15,16). The monoisotopic (exact) mass is 249 g/mol. The molecule has 0 spiro atoms. The van der Waals surface area contributed by atoms with E-state index in [-0.39, 0.29) is 0 Å². The Kier molecular flexibility index (Phi) is 3.33. The van der Waals surface area contributed by atoms with Gasteiger partial charge in [0.2, 0.25) is 0 Å². The number of hydrogen-bond donors (Lipinski definition) is 2. The predicted molar refractivity (Wildman–Crippen MR) is 71.8 cm³/mol. The number of hydrogen-bond acceptors (Lipinski definition) is 3. The number of fused-ring (bicyclic) bond motifs is 1. The average molecular weight is 249 g/mol. The van der Waals surface area contributed by atoms with Crippen LogP contribution in [0, 0.1) is 0 Å². The van der Waals surface area contributed by atoms with E-state index >= 15 is 0 Å². The fraction of sp³-hybridized carbons (Fsp3) is 0.308. The molecule has 0 amide bonds. The molecule has 1 heterocycles. The SMILES string of the molecule is CCCCc1c(C(=O)O)sc2c(N)cccc12. The highest BCUT2D eigenvalue weighted by molar-refractivity contribution is 7.21. The molecular formula is C13H15NO2S. The highest BCUT2D eigenvalue weighted by Gasteiger charge is 2.18. The number of benzene rings is 1. The predicted octanol–water partition coefficient (Wildman–Crippen LogP) is 3.52. The van der Waals surface area contributed by atoms with Crippen LogP contribution in [0.15, 0.2) is 18.2 Å². The summed E-state index contributed by atoms with van der Waals surface area (Å²) in [6.45, 7) is 2.10. The van der Waals surface area contributed by atoms with Crippen molar-refractivity contribution in [2.45, 2.75) is 26.2 Å². The van der Waals surface area contributed by atoms with E-state index in [0.29, 0.717) is 10.6 Å². The normalized spacial score (nSPS) is 10.9. The van der Waals surface area contributed by atoms with Gasteiger partial charge in [-0.25, -0.2) is 4.79 Å². The van der Waals surface area contributed by atoms with Crippen LogP contribution in [0.2, 0.25) is 0 Å². The second-order valence-electron chi connectivity index (χ2n) is 4.04. The number of nitrogens with two attached hydrogens (primary N) is 1. The molecule has 0 unspecified atom stereocenters. The summed E-state index contributed by atoms with van der Waals surface area (Å²) < 4.78 is 0.899.